The van der Waals surface area contributed by atoms with Crippen molar-refractivity contribution in [3.63, 3.8) is 0 Å². The van der Waals surface area contributed by atoms with E-state index in [4.69, 9.17) is 0 Å². The number of para-hydroxylation sites is 1. The molecule has 5 rings (SSSR count). The second-order valence-electron chi connectivity index (χ2n) is 7.30. The molecule has 0 aliphatic carbocycles. The fraction of sp³-hybridized carbons (Fsp3) is 0.0400. The lowest BCUT2D eigenvalue weighted by Crippen LogP contribution is -2.26. The highest BCUT2D eigenvalue weighted by molar-refractivity contribution is 6.11. The van der Waals surface area contributed by atoms with Crippen LogP contribution in [0.1, 0.15) is 16.1 Å². The maximum Gasteiger partial charge on any atom is 0.279 e. The van der Waals surface area contributed by atoms with Gasteiger partial charge in [0.2, 0.25) is 0 Å². The Kier molecular flexibility index (Phi) is 5.05. The van der Waals surface area contributed by atoms with Crippen molar-refractivity contribution in [2.75, 3.05) is 5.32 Å². The van der Waals surface area contributed by atoms with Crippen molar-refractivity contribution in [1.29, 1.82) is 0 Å². The summed E-state index contributed by atoms with van der Waals surface area (Å²) in [6, 6.07) is 25.5. The lowest BCUT2D eigenvalue weighted by molar-refractivity contribution is 0.102. The third-order valence-electron chi connectivity index (χ3n) is 5.14. The van der Waals surface area contributed by atoms with Gasteiger partial charge in [0.25, 0.3) is 11.5 Å². The van der Waals surface area contributed by atoms with E-state index >= 15 is 0 Å². The third kappa shape index (κ3) is 3.79. The fourth-order valence-electron chi connectivity index (χ4n) is 3.57. The van der Waals surface area contributed by atoms with E-state index in [1.54, 1.807) is 42.6 Å². The fourth-order valence-corrected chi connectivity index (χ4v) is 3.57. The monoisotopic (exact) mass is 421 g/mol. The molecule has 7 heteroatoms. The first kappa shape index (κ1) is 19.4. The van der Waals surface area contributed by atoms with Crippen molar-refractivity contribution in [1.82, 2.24) is 19.6 Å². The molecule has 0 fully saturated rings. The molecule has 32 heavy (non-hydrogen) atoms. The summed E-state index contributed by atoms with van der Waals surface area (Å²) in [5, 5.41) is 12.5. The number of fused-ring (bicyclic) bond motifs is 1. The molecule has 0 saturated carbocycles. The van der Waals surface area contributed by atoms with Crippen LogP contribution in [-0.4, -0.2) is 25.5 Å². The number of hydrogen-bond acceptors (Lipinski definition) is 4. The van der Waals surface area contributed by atoms with Crippen LogP contribution >= 0.6 is 0 Å². The van der Waals surface area contributed by atoms with Crippen molar-refractivity contribution < 1.29 is 4.79 Å². The molecule has 0 unspecified atom stereocenters. The molecule has 0 atom stereocenters. The van der Waals surface area contributed by atoms with Crippen molar-refractivity contribution in [2.24, 2.45) is 0 Å². The van der Waals surface area contributed by atoms with E-state index in [1.807, 2.05) is 59.4 Å². The van der Waals surface area contributed by atoms with Gasteiger partial charge in [-0.1, -0.05) is 48.5 Å². The average molecular weight is 421 g/mol. The van der Waals surface area contributed by atoms with E-state index in [9.17, 15) is 9.59 Å². The lowest BCUT2D eigenvalue weighted by atomic mass is 10.1. The molecule has 0 aliphatic rings. The van der Waals surface area contributed by atoms with E-state index in [-0.39, 0.29) is 17.2 Å². The first-order valence-corrected chi connectivity index (χ1v) is 10.1. The molecule has 0 bridgehead atoms. The third-order valence-corrected chi connectivity index (χ3v) is 5.14. The zero-order valence-corrected chi connectivity index (χ0v) is 17.1. The number of amides is 1. The van der Waals surface area contributed by atoms with Crippen molar-refractivity contribution in [3.8, 4) is 5.69 Å². The van der Waals surface area contributed by atoms with Gasteiger partial charge in [0.1, 0.15) is 0 Å². The molecule has 0 radical (unpaired) electrons. The van der Waals surface area contributed by atoms with Gasteiger partial charge < -0.3 is 5.32 Å². The van der Waals surface area contributed by atoms with E-state index in [0.717, 1.165) is 5.56 Å². The predicted octanol–water partition coefficient (Wildman–Crippen LogP) is 3.88. The second-order valence-corrected chi connectivity index (χ2v) is 7.30. The Bertz CT molecular complexity index is 1440. The van der Waals surface area contributed by atoms with Gasteiger partial charge in [0, 0.05) is 23.5 Å². The van der Waals surface area contributed by atoms with Crippen LogP contribution in [0.5, 0.6) is 0 Å². The van der Waals surface area contributed by atoms with Gasteiger partial charge in [0.05, 0.1) is 17.6 Å². The standard InChI is InChI=1S/C25H19N5O2/c31-24(27-19-13-11-18(12-14-19)17-29-16-6-15-26-29)23-21-9-4-5-10-22(21)25(32)30(28-23)20-7-2-1-3-8-20/h1-16H,17H2,(H,27,31). The molecular weight excluding hydrogens is 402 g/mol. The Morgan fingerprint density at radius 1 is 0.844 bits per heavy atom. The quantitative estimate of drug-likeness (QED) is 0.467. The zero-order valence-electron chi connectivity index (χ0n) is 17.1. The van der Waals surface area contributed by atoms with Gasteiger partial charge in [-0.05, 0) is 42.0 Å². The Morgan fingerprint density at radius 2 is 1.56 bits per heavy atom. The average Bonchev–Trinajstić information content (AvgIpc) is 3.34. The molecule has 2 heterocycles. The number of nitrogens with zero attached hydrogens (tertiary/aromatic N) is 4. The minimum absolute atomic E-state index is 0.185. The first-order chi connectivity index (χ1) is 15.7. The molecule has 7 nitrogen and oxygen atoms in total. The molecule has 1 N–H and O–H groups in total. The van der Waals surface area contributed by atoms with Gasteiger partial charge in [-0.25, -0.2) is 0 Å². The minimum atomic E-state index is -0.384. The largest absolute Gasteiger partial charge is 0.321 e. The number of benzene rings is 3. The summed E-state index contributed by atoms with van der Waals surface area (Å²) in [6.07, 6.45) is 3.63. The van der Waals surface area contributed by atoms with Crippen LogP contribution < -0.4 is 10.9 Å². The van der Waals surface area contributed by atoms with Gasteiger partial charge >= 0.3 is 0 Å². The van der Waals surface area contributed by atoms with Crippen molar-refractivity contribution in [2.45, 2.75) is 6.54 Å². The van der Waals surface area contributed by atoms with Crippen LogP contribution in [0, 0.1) is 0 Å². The maximum atomic E-state index is 13.2. The summed E-state index contributed by atoms with van der Waals surface area (Å²) in [5.74, 6) is -0.384. The van der Waals surface area contributed by atoms with Crippen LogP contribution in [0.15, 0.2) is 102 Å². The Balaban J connectivity index is 1.48. The molecule has 2 aromatic heterocycles. The summed E-state index contributed by atoms with van der Waals surface area (Å²) in [5.41, 5.74) is 2.21. The van der Waals surface area contributed by atoms with Crippen LogP contribution in [-0.2, 0) is 6.54 Å². The summed E-state index contributed by atoms with van der Waals surface area (Å²) < 4.78 is 3.10. The Labute approximate surface area is 183 Å². The smallest absolute Gasteiger partial charge is 0.279 e. The second kappa shape index (κ2) is 8.31. The summed E-state index contributed by atoms with van der Waals surface area (Å²) >= 11 is 0. The van der Waals surface area contributed by atoms with E-state index in [0.29, 0.717) is 28.7 Å². The maximum absolute atomic E-state index is 13.2. The van der Waals surface area contributed by atoms with Crippen LogP contribution in [0.4, 0.5) is 5.69 Å². The number of aromatic nitrogens is 4. The number of hydrogen-bond donors (Lipinski definition) is 1. The van der Waals surface area contributed by atoms with Crippen LogP contribution in [0.2, 0.25) is 0 Å². The van der Waals surface area contributed by atoms with Gasteiger partial charge in [-0.2, -0.15) is 14.9 Å². The Morgan fingerprint density at radius 3 is 2.28 bits per heavy atom. The van der Waals surface area contributed by atoms with E-state index in [2.05, 4.69) is 15.5 Å². The molecule has 0 saturated heterocycles. The molecule has 5 aromatic rings. The number of carbonyl (C=O) groups excluding carboxylic acids is 1. The number of nitrogens with one attached hydrogen (secondary N) is 1. The lowest BCUT2D eigenvalue weighted by Gasteiger charge is -2.12. The number of rotatable bonds is 5. The normalized spacial score (nSPS) is 10.9. The van der Waals surface area contributed by atoms with Gasteiger partial charge in [0.15, 0.2) is 5.69 Å². The summed E-state index contributed by atoms with van der Waals surface area (Å²) in [7, 11) is 0. The zero-order chi connectivity index (χ0) is 21.9. The van der Waals surface area contributed by atoms with Gasteiger partial charge in [-0.15, -0.1) is 0 Å². The number of anilines is 1. The first-order valence-electron chi connectivity index (χ1n) is 10.1. The van der Waals surface area contributed by atoms with Gasteiger partial charge in [-0.3, -0.25) is 14.3 Å². The molecule has 0 spiro atoms. The highest BCUT2D eigenvalue weighted by Crippen LogP contribution is 2.18. The van der Waals surface area contributed by atoms with Crippen LogP contribution in [0.3, 0.4) is 0 Å². The minimum Gasteiger partial charge on any atom is -0.321 e. The Hall–Kier alpha value is -4.52. The summed E-state index contributed by atoms with van der Waals surface area (Å²) in [6.45, 7) is 0.648. The van der Waals surface area contributed by atoms with Crippen molar-refractivity contribution >= 4 is 22.4 Å². The number of carbonyl (C=O) groups is 1. The molecule has 3 aromatic carbocycles. The highest BCUT2D eigenvalue weighted by Gasteiger charge is 2.17. The topological polar surface area (TPSA) is 81.8 Å². The van der Waals surface area contributed by atoms with E-state index in [1.165, 1.54) is 4.68 Å². The van der Waals surface area contributed by atoms with E-state index < -0.39 is 0 Å². The predicted molar refractivity (Wildman–Crippen MR) is 123 cm³/mol. The molecule has 0 aliphatic heterocycles. The SMILES string of the molecule is O=C(Nc1ccc(Cn2cccn2)cc1)c1nn(-c2ccccc2)c(=O)c2ccccc12. The molecule has 156 valence electrons. The van der Waals surface area contributed by atoms with Crippen LogP contribution in [0.25, 0.3) is 16.5 Å². The van der Waals surface area contributed by atoms with Crippen molar-refractivity contribution in [3.05, 3.63) is 119 Å². The highest BCUT2D eigenvalue weighted by atomic mass is 16.2. The molecule has 1 amide bonds. The summed E-state index contributed by atoms with van der Waals surface area (Å²) in [4.78, 5) is 26.2. The molecular formula is C25H19N5O2.